The Balaban J connectivity index is 2.06. The molecule has 2 saturated heterocycles. The lowest BCUT2D eigenvalue weighted by molar-refractivity contribution is -0.166. The second-order valence-corrected chi connectivity index (χ2v) is 5.82. The fourth-order valence-corrected chi connectivity index (χ4v) is 2.51. The first-order chi connectivity index (χ1) is 8.08. The molecule has 2 rings (SSSR count). The Morgan fingerprint density at radius 1 is 1.33 bits per heavy atom. The van der Waals surface area contributed by atoms with E-state index in [0.717, 1.165) is 0 Å². The minimum Gasteiger partial charge on any atom is -0.444 e. The van der Waals surface area contributed by atoms with Gasteiger partial charge in [0.1, 0.15) is 11.6 Å². The Morgan fingerprint density at radius 3 is 2.39 bits per heavy atom. The Bertz CT molecular complexity index is 351. The van der Waals surface area contributed by atoms with Crippen molar-refractivity contribution in [2.45, 2.75) is 57.1 Å². The molecule has 0 radical (unpaired) electrons. The molecule has 7 heteroatoms. The number of likely N-dealkylation sites (tertiary alicyclic amines) is 1. The van der Waals surface area contributed by atoms with Crippen molar-refractivity contribution in [3.05, 3.63) is 0 Å². The van der Waals surface area contributed by atoms with Gasteiger partial charge in [0.25, 0.3) is 0 Å². The maximum atomic E-state index is 12.8. The highest BCUT2D eigenvalue weighted by molar-refractivity contribution is 5.69. The van der Waals surface area contributed by atoms with E-state index >= 15 is 0 Å². The van der Waals surface area contributed by atoms with Crippen molar-refractivity contribution >= 4 is 6.09 Å². The van der Waals surface area contributed by atoms with Crippen molar-refractivity contribution in [2.24, 2.45) is 0 Å². The van der Waals surface area contributed by atoms with Crippen LogP contribution >= 0.6 is 0 Å². The summed E-state index contributed by atoms with van der Waals surface area (Å²) in [6, 6.07) is -2.76. The van der Waals surface area contributed by atoms with Crippen molar-refractivity contribution in [3.63, 3.8) is 0 Å². The predicted molar refractivity (Wildman–Crippen MR) is 58.1 cm³/mol. The molecule has 2 aliphatic rings. The SMILES string of the molecule is CC(C)(C)OC(=O)N1CC2CC1C(C(F)(F)F)N2. The van der Waals surface area contributed by atoms with Crippen molar-refractivity contribution in [1.29, 1.82) is 0 Å². The zero-order valence-corrected chi connectivity index (χ0v) is 10.5. The van der Waals surface area contributed by atoms with Gasteiger partial charge in [0.05, 0.1) is 6.04 Å². The predicted octanol–water partition coefficient (Wildman–Crippen LogP) is 1.90. The van der Waals surface area contributed by atoms with Crippen molar-refractivity contribution < 1.29 is 22.7 Å². The van der Waals surface area contributed by atoms with Crippen LogP contribution in [0.3, 0.4) is 0 Å². The van der Waals surface area contributed by atoms with Crippen LogP contribution in [-0.2, 0) is 4.74 Å². The van der Waals surface area contributed by atoms with Gasteiger partial charge in [-0.15, -0.1) is 0 Å². The van der Waals surface area contributed by atoms with Gasteiger partial charge in [0, 0.05) is 12.6 Å². The Labute approximate surface area is 103 Å². The van der Waals surface area contributed by atoms with Crippen molar-refractivity contribution in [1.82, 2.24) is 10.2 Å². The number of hydrogen-bond acceptors (Lipinski definition) is 3. The molecule has 2 fully saturated rings. The average molecular weight is 266 g/mol. The molecule has 4 nitrogen and oxygen atoms in total. The van der Waals surface area contributed by atoms with Gasteiger partial charge < -0.3 is 9.64 Å². The molecule has 0 aliphatic carbocycles. The van der Waals surface area contributed by atoms with Gasteiger partial charge in [-0.05, 0) is 27.2 Å². The molecule has 0 aromatic carbocycles. The van der Waals surface area contributed by atoms with Crippen LogP contribution in [-0.4, -0.2) is 47.4 Å². The third kappa shape index (κ3) is 2.55. The van der Waals surface area contributed by atoms with Gasteiger partial charge in [0.2, 0.25) is 0 Å². The van der Waals surface area contributed by atoms with Crippen LogP contribution in [0.4, 0.5) is 18.0 Å². The summed E-state index contributed by atoms with van der Waals surface area (Å²) in [6.45, 7) is 5.36. The Kier molecular flexibility index (Phi) is 3.00. The lowest BCUT2D eigenvalue weighted by Crippen LogP contribution is -2.59. The van der Waals surface area contributed by atoms with Gasteiger partial charge in [-0.1, -0.05) is 0 Å². The number of fused-ring (bicyclic) bond motifs is 2. The fraction of sp³-hybridized carbons (Fsp3) is 0.909. The van der Waals surface area contributed by atoms with Crippen LogP contribution in [0.2, 0.25) is 0 Å². The van der Waals surface area contributed by atoms with E-state index in [1.807, 2.05) is 0 Å². The summed E-state index contributed by atoms with van der Waals surface area (Å²) in [6.07, 6.45) is -4.66. The molecule has 1 amide bonds. The standard InChI is InChI=1S/C11H17F3N2O2/c1-10(2,3)18-9(17)16-5-6-4-7(16)8(15-6)11(12,13)14/h6-8,15H,4-5H2,1-3H3. The molecule has 0 aromatic heterocycles. The number of amides is 1. The first-order valence-corrected chi connectivity index (χ1v) is 5.90. The van der Waals surface area contributed by atoms with E-state index in [9.17, 15) is 18.0 Å². The third-order valence-corrected chi connectivity index (χ3v) is 3.12. The van der Waals surface area contributed by atoms with E-state index in [0.29, 0.717) is 6.42 Å². The molecule has 104 valence electrons. The highest BCUT2D eigenvalue weighted by atomic mass is 19.4. The summed E-state index contributed by atoms with van der Waals surface area (Å²) < 4.78 is 43.4. The van der Waals surface area contributed by atoms with Gasteiger partial charge in [-0.25, -0.2) is 4.79 Å². The topological polar surface area (TPSA) is 41.6 Å². The van der Waals surface area contributed by atoms with E-state index in [-0.39, 0.29) is 12.6 Å². The molecule has 1 N–H and O–H groups in total. The summed E-state index contributed by atoms with van der Waals surface area (Å²) in [4.78, 5) is 13.0. The molecule has 2 aliphatic heterocycles. The Hall–Kier alpha value is -0.980. The molecule has 0 spiro atoms. The van der Waals surface area contributed by atoms with Crippen LogP contribution in [0.15, 0.2) is 0 Å². The smallest absolute Gasteiger partial charge is 0.410 e. The number of rotatable bonds is 0. The van der Waals surface area contributed by atoms with Crippen LogP contribution in [0.5, 0.6) is 0 Å². The maximum absolute atomic E-state index is 12.8. The van der Waals surface area contributed by atoms with E-state index < -0.39 is 30.0 Å². The van der Waals surface area contributed by atoms with Crippen LogP contribution in [0.1, 0.15) is 27.2 Å². The highest BCUT2D eigenvalue weighted by Gasteiger charge is 2.57. The Morgan fingerprint density at radius 2 is 1.94 bits per heavy atom. The third-order valence-electron chi connectivity index (χ3n) is 3.12. The normalized spacial score (nSPS) is 31.9. The molecular weight excluding hydrogens is 249 g/mol. The van der Waals surface area contributed by atoms with Crippen LogP contribution in [0.25, 0.3) is 0 Å². The molecule has 0 aromatic rings. The first-order valence-electron chi connectivity index (χ1n) is 5.90. The molecular formula is C11H17F3N2O2. The molecule has 3 atom stereocenters. The van der Waals surface area contributed by atoms with Gasteiger partial charge in [-0.2, -0.15) is 13.2 Å². The number of hydrogen-bond donors (Lipinski definition) is 1. The summed E-state index contributed by atoms with van der Waals surface area (Å²) in [7, 11) is 0. The first kappa shape index (κ1) is 13.5. The summed E-state index contributed by atoms with van der Waals surface area (Å²) in [5.74, 6) is 0. The monoisotopic (exact) mass is 266 g/mol. The number of ether oxygens (including phenoxy) is 1. The van der Waals surface area contributed by atoms with Crippen molar-refractivity contribution in [2.75, 3.05) is 6.54 Å². The van der Waals surface area contributed by atoms with Gasteiger partial charge in [0.15, 0.2) is 0 Å². The van der Waals surface area contributed by atoms with E-state index in [1.54, 1.807) is 20.8 Å². The summed E-state index contributed by atoms with van der Waals surface area (Å²) in [5, 5.41) is 2.50. The maximum Gasteiger partial charge on any atom is 0.410 e. The number of nitrogens with zero attached hydrogens (tertiary/aromatic N) is 1. The minimum atomic E-state index is -4.33. The fourth-order valence-electron chi connectivity index (χ4n) is 2.51. The highest BCUT2D eigenvalue weighted by Crippen LogP contribution is 2.37. The zero-order valence-electron chi connectivity index (χ0n) is 10.5. The van der Waals surface area contributed by atoms with Crippen LogP contribution in [0, 0.1) is 0 Å². The number of alkyl halides is 3. The number of carbonyl (C=O) groups excluding carboxylic acids is 1. The molecule has 3 unspecified atom stereocenters. The molecule has 18 heavy (non-hydrogen) atoms. The second-order valence-electron chi connectivity index (χ2n) is 5.82. The number of nitrogens with one attached hydrogen (secondary N) is 1. The van der Waals surface area contributed by atoms with E-state index in [4.69, 9.17) is 4.74 Å². The summed E-state index contributed by atoms with van der Waals surface area (Å²) >= 11 is 0. The number of carbonyl (C=O) groups is 1. The van der Waals surface area contributed by atoms with Crippen molar-refractivity contribution in [3.8, 4) is 0 Å². The largest absolute Gasteiger partial charge is 0.444 e. The molecule has 2 heterocycles. The average Bonchev–Trinajstić information content (AvgIpc) is 2.71. The lowest BCUT2D eigenvalue weighted by atomic mass is 10.1. The zero-order chi connectivity index (χ0) is 13.7. The van der Waals surface area contributed by atoms with Crippen LogP contribution < -0.4 is 5.32 Å². The summed E-state index contributed by atoms with van der Waals surface area (Å²) in [5.41, 5.74) is -0.694. The van der Waals surface area contributed by atoms with Gasteiger partial charge in [-0.3, -0.25) is 5.32 Å². The molecule has 0 saturated carbocycles. The van der Waals surface area contributed by atoms with E-state index in [2.05, 4.69) is 5.32 Å². The molecule has 2 bridgehead atoms. The second kappa shape index (κ2) is 4.01. The van der Waals surface area contributed by atoms with E-state index in [1.165, 1.54) is 4.90 Å². The quantitative estimate of drug-likeness (QED) is 0.728. The number of halogens is 3. The number of piperazine rings is 1. The minimum absolute atomic E-state index is 0.283. The van der Waals surface area contributed by atoms with Gasteiger partial charge >= 0.3 is 12.3 Å². The lowest BCUT2D eigenvalue weighted by Gasteiger charge is -2.35.